The summed E-state index contributed by atoms with van der Waals surface area (Å²) in [7, 11) is -0.602. The third kappa shape index (κ3) is 4.06. The smallest absolute Gasteiger partial charge is 0.477 e. The Balaban J connectivity index is 2.29. The number of amides is 1. The third-order valence-corrected chi connectivity index (χ3v) is 5.22. The maximum absolute atomic E-state index is 11.3. The Bertz CT molecular complexity index is 664. The van der Waals surface area contributed by atoms with Gasteiger partial charge in [-0.1, -0.05) is 6.08 Å². The predicted octanol–water partition coefficient (Wildman–Crippen LogP) is 2.60. The van der Waals surface area contributed by atoms with E-state index in [4.69, 9.17) is 14.4 Å². The van der Waals surface area contributed by atoms with Crippen LogP contribution in [0.5, 0.6) is 0 Å². The van der Waals surface area contributed by atoms with E-state index in [1.807, 2.05) is 27.7 Å². The maximum Gasteiger partial charge on any atom is 0.492 e. The zero-order valence-electron chi connectivity index (χ0n) is 14.5. The molecule has 0 aromatic carbocycles. The van der Waals surface area contributed by atoms with Crippen molar-refractivity contribution < 1.29 is 24.0 Å². The van der Waals surface area contributed by atoms with Crippen LogP contribution >= 0.6 is 11.3 Å². The highest BCUT2D eigenvalue weighted by Crippen LogP contribution is 2.38. The van der Waals surface area contributed by atoms with Crippen LogP contribution in [0.15, 0.2) is 16.9 Å². The first-order valence-electron chi connectivity index (χ1n) is 7.64. The van der Waals surface area contributed by atoms with Crippen LogP contribution in [-0.4, -0.2) is 41.8 Å². The number of aromatic carboxylic acids is 1. The molecule has 6 nitrogen and oxygen atoms in total. The quantitative estimate of drug-likeness (QED) is 0.797. The van der Waals surface area contributed by atoms with Crippen LogP contribution < -0.4 is 5.32 Å². The summed E-state index contributed by atoms with van der Waals surface area (Å²) >= 11 is 1.15. The Morgan fingerprint density at radius 2 is 1.88 bits per heavy atom. The van der Waals surface area contributed by atoms with Crippen molar-refractivity contribution in [3.8, 4) is 0 Å². The van der Waals surface area contributed by atoms with Crippen molar-refractivity contribution in [1.29, 1.82) is 0 Å². The van der Waals surface area contributed by atoms with E-state index in [1.54, 1.807) is 17.5 Å². The Kier molecular flexibility index (Phi) is 5.22. The van der Waals surface area contributed by atoms with Crippen molar-refractivity contribution in [3.05, 3.63) is 27.4 Å². The van der Waals surface area contributed by atoms with Gasteiger partial charge in [0.05, 0.1) is 11.2 Å². The van der Waals surface area contributed by atoms with Crippen molar-refractivity contribution in [2.24, 2.45) is 0 Å². The molecule has 0 unspecified atom stereocenters. The molecule has 8 heteroatoms. The molecule has 1 fully saturated rings. The van der Waals surface area contributed by atoms with Gasteiger partial charge in [-0.05, 0) is 50.2 Å². The van der Waals surface area contributed by atoms with Crippen LogP contribution in [0, 0.1) is 0 Å². The number of carbonyl (C=O) groups is 2. The minimum Gasteiger partial charge on any atom is -0.477 e. The van der Waals surface area contributed by atoms with Crippen LogP contribution in [0.3, 0.4) is 0 Å². The van der Waals surface area contributed by atoms with Crippen LogP contribution in [-0.2, 0) is 14.1 Å². The molecule has 0 saturated carbocycles. The summed E-state index contributed by atoms with van der Waals surface area (Å²) in [6.07, 6.45) is 1.81. The van der Waals surface area contributed by atoms with Gasteiger partial charge < -0.3 is 19.7 Å². The average molecular weight is 351 g/mol. The van der Waals surface area contributed by atoms with Gasteiger partial charge in [0.25, 0.3) is 0 Å². The Labute approximate surface area is 146 Å². The van der Waals surface area contributed by atoms with Gasteiger partial charge in [0.15, 0.2) is 0 Å². The van der Waals surface area contributed by atoms with E-state index in [9.17, 15) is 9.59 Å². The molecule has 1 saturated heterocycles. The molecule has 1 aliphatic rings. The molecule has 2 rings (SSSR count). The number of hydrogen-bond acceptors (Lipinski definition) is 5. The van der Waals surface area contributed by atoms with Crippen molar-refractivity contribution in [2.45, 2.75) is 45.8 Å². The zero-order valence-corrected chi connectivity index (χ0v) is 15.3. The highest BCUT2D eigenvalue weighted by molar-refractivity contribution is 7.12. The van der Waals surface area contributed by atoms with E-state index >= 15 is 0 Å². The molecule has 0 bridgehead atoms. The maximum atomic E-state index is 11.3. The molecule has 0 radical (unpaired) electrons. The molecule has 1 aromatic rings. The first-order valence-corrected chi connectivity index (χ1v) is 8.52. The average Bonchev–Trinajstić information content (AvgIpc) is 2.97. The van der Waals surface area contributed by atoms with Gasteiger partial charge in [0.1, 0.15) is 4.88 Å². The monoisotopic (exact) mass is 351 g/mol. The molecule has 1 aromatic heterocycles. The van der Waals surface area contributed by atoms with E-state index in [-0.39, 0.29) is 17.3 Å². The van der Waals surface area contributed by atoms with E-state index in [2.05, 4.69) is 5.32 Å². The standard InChI is InChI=1S/C16H22BNO5S/c1-10(19)18-8-12(6-11-7-13(14(20)21)24-9-11)17-22-15(2,3)16(4,5)23-17/h6-7,9H,8H2,1-5H3,(H,18,19)(H,20,21). The molecular weight excluding hydrogens is 329 g/mol. The third-order valence-electron chi connectivity index (χ3n) is 4.28. The molecule has 2 heterocycles. The van der Waals surface area contributed by atoms with E-state index in [1.165, 1.54) is 6.92 Å². The van der Waals surface area contributed by atoms with E-state index < -0.39 is 24.3 Å². The highest BCUT2D eigenvalue weighted by atomic mass is 32.1. The SMILES string of the molecule is CC(=O)NCC(=Cc1csc(C(=O)O)c1)B1OC(C)(C)C(C)(C)O1. The summed E-state index contributed by atoms with van der Waals surface area (Å²) in [6.45, 7) is 9.53. The van der Waals surface area contributed by atoms with Crippen molar-refractivity contribution in [3.63, 3.8) is 0 Å². The summed E-state index contributed by atoms with van der Waals surface area (Å²) in [6, 6.07) is 1.59. The Morgan fingerprint density at radius 1 is 1.29 bits per heavy atom. The van der Waals surface area contributed by atoms with Gasteiger partial charge in [-0.3, -0.25) is 4.79 Å². The minimum atomic E-state index is -0.960. The minimum absolute atomic E-state index is 0.158. The highest BCUT2D eigenvalue weighted by Gasteiger charge is 2.52. The molecule has 0 aliphatic carbocycles. The normalized spacial score (nSPS) is 19.4. The van der Waals surface area contributed by atoms with Crippen molar-refractivity contribution in [2.75, 3.05) is 6.54 Å². The van der Waals surface area contributed by atoms with Crippen LogP contribution in [0.4, 0.5) is 0 Å². The van der Waals surface area contributed by atoms with Gasteiger partial charge >= 0.3 is 13.1 Å². The van der Waals surface area contributed by atoms with Crippen LogP contribution in [0.1, 0.15) is 49.9 Å². The molecule has 2 N–H and O–H groups in total. The largest absolute Gasteiger partial charge is 0.492 e. The summed E-state index contributed by atoms with van der Waals surface area (Å²) < 4.78 is 12.1. The molecule has 0 spiro atoms. The first-order chi connectivity index (χ1) is 11.0. The lowest BCUT2D eigenvalue weighted by Gasteiger charge is -2.32. The van der Waals surface area contributed by atoms with Gasteiger partial charge in [0, 0.05) is 13.5 Å². The topological polar surface area (TPSA) is 84.9 Å². The zero-order chi connectivity index (χ0) is 18.1. The van der Waals surface area contributed by atoms with Crippen molar-refractivity contribution in [1.82, 2.24) is 5.32 Å². The molecular formula is C16H22BNO5S. The second-order valence-electron chi connectivity index (χ2n) is 6.77. The molecule has 130 valence electrons. The van der Waals surface area contributed by atoms with Crippen LogP contribution in [0.2, 0.25) is 0 Å². The van der Waals surface area contributed by atoms with Gasteiger partial charge in [-0.15, -0.1) is 11.3 Å². The van der Waals surface area contributed by atoms with E-state index in [0.717, 1.165) is 22.4 Å². The number of nitrogens with one attached hydrogen (secondary N) is 1. The summed E-state index contributed by atoms with van der Waals surface area (Å²) in [5, 5.41) is 13.5. The lowest BCUT2D eigenvalue weighted by atomic mass is 9.77. The molecule has 24 heavy (non-hydrogen) atoms. The number of thiophene rings is 1. The number of rotatable bonds is 5. The number of carboxylic acids is 1. The summed E-state index contributed by atoms with van der Waals surface area (Å²) in [5.41, 5.74) is 0.493. The molecule has 0 atom stereocenters. The van der Waals surface area contributed by atoms with Gasteiger partial charge in [-0.2, -0.15) is 0 Å². The lowest BCUT2D eigenvalue weighted by Crippen LogP contribution is -2.41. The van der Waals surface area contributed by atoms with E-state index in [0.29, 0.717) is 0 Å². The number of hydrogen-bond donors (Lipinski definition) is 2. The van der Waals surface area contributed by atoms with Crippen LogP contribution in [0.25, 0.3) is 6.08 Å². The Hall–Kier alpha value is -1.64. The van der Waals surface area contributed by atoms with Gasteiger partial charge in [0.2, 0.25) is 5.91 Å². The second-order valence-corrected chi connectivity index (χ2v) is 7.68. The number of carboxylic acid groups (broad SMARTS) is 1. The second kappa shape index (κ2) is 6.70. The molecule has 1 aliphatic heterocycles. The number of carbonyl (C=O) groups excluding carboxylic acids is 1. The summed E-state index contributed by atoms with van der Waals surface area (Å²) in [4.78, 5) is 22.6. The Morgan fingerprint density at radius 3 is 2.33 bits per heavy atom. The summed E-state index contributed by atoms with van der Waals surface area (Å²) in [5.74, 6) is -1.12. The fourth-order valence-corrected chi connectivity index (χ4v) is 2.88. The molecule has 1 amide bonds. The fraction of sp³-hybridized carbons (Fsp3) is 0.500. The first kappa shape index (κ1) is 18.7. The van der Waals surface area contributed by atoms with Gasteiger partial charge in [-0.25, -0.2) is 4.79 Å². The lowest BCUT2D eigenvalue weighted by molar-refractivity contribution is -0.118. The predicted molar refractivity (Wildman–Crippen MR) is 94.0 cm³/mol. The fourth-order valence-electron chi connectivity index (χ4n) is 2.18. The van der Waals surface area contributed by atoms with Crippen molar-refractivity contribution >= 4 is 36.4 Å².